The molecule has 0 unspecified atom stereocenters. The first-order valence-corrected chi connectivity index (χ1v) is 9.04. The smallest absolute Gasteiger partial charge is 0.251 e. The molecule has 2 rings (SSSR count). The minimum atomic E-state index is -0.407. The lowest BCUT2D eigenvalue weighted by Gasteiger charge is -2.25. The maximum atomic E-state index is 13.5. The van der Waals surface area contributed by atoms with Crippen LogP contribution in [-0.4, -0.2) is 58.1 Å². The standard InChI is InChI=1S/C21H26FN3O4/c1-25(2)17(14-6-5-7-16(22)10-14)12-23-20(26)13-24-21(27)15-8-9-18(28-3)19(11-15)29-4/h5-11,17H,12-13H2,1-4H3,(H,23,26)(H,24,27)/t17-/m1/s1. The third-order valence-corrected chi connectivity index (χ3v) is 4.40. The molecule has 0 saturated heterocycles. The van der Waals surface area contributed by atoms with Crippen LogP contribution in [0.3, 0.4) is 0 Å². The van der Waals surface area contributed by atoms with Gasteiger partial charge in [-0.05, 0) is 50.0 Å². The molecule has 156 valence electrons. The molecule has 0 bridgehead atoms. The van der Waals surface area contributed by atoms with Gasteiger partial charge in [0.25, 0.3) is 5.91 Å². The number of nitrogens with one attached hydrogen (secondary N) is 2. The third-order valence-electron chi connectivity index (χ3n) is 4.40. The van der Waals surface area contributed by atoms with Crippen LogP contribution in [0, 0.1) is 5.82 Å². The van der Waals surface area contributed by atoms with Gasteiger partial charge in [-0.2, -0.15) is 0 Å². The Balaban J connectivity index is 1.91. The van der Waals surface area contributed by atoms with Gasteiger partial charge in [-0.15, -0.1) is 0 Å². The van der Waals surface area contributed by atoms with Crippen molar-refractivity contribution in [2.75, 3.05) is 41.4 Å². The highest BCUT2D eigenvalue weighted by molar-refractivity contribution is 5.97. The number of rotatable bonds is 9. The highest BCUT2D eigenvalue weighted by Gasteiger charge is 2.17. The van der Waals surface area contributed by atoms with E-state index in [1.807, 2.05) is 19.0 Å². The van der Waals surface area contributed by atoms with Gasteiger partial charge in [0.05, 0.1) is 26.8 Å². The van der Waals surface area contributed by atoms with Crippen molar-refractivity contribution in [2.24, 2.45) is 0 Å². The molecule has 0 aliphatic rings. The Morgan fingerprint density at radius 2 is 1.76 bits per heavy atom. The van der Waals surface area contributed by atoms with Gasteiger partial charge in [0, 0.05) is 12.1 Å². The molecule has 1 atom stereocenters. The highest BCUT2D eigenvalue weighted by atomic mass is 19.1. The first-order chi connectivity index (χ1) is 13.8. The predicted octanol–water partition coefficient (Wildman–Crippen LogP) is 1.99. The largest absolute Gasteiger partial charge is 0.493 e. The molecule has 0 aromatic heterocycles. The summed E-state index contributed by atoms with van der Waals surface area (Å²) in [5.74, 6) is -0.150. The average molecular weight is 403 g/mol. The molecule has 2 N–H and O–H groups in total. The number of hydrogen-bond acceptors (Lipinski definition) is 5. The van der Waals surface area contributed by atoms with E-state index in [0.29, 0.717) is 17.1 Å². The fraction of sp³-hybridized carbons (Fsp3) is 0.333. The number of carbonyl (C=O) groups is 2. The summed E-state index contributed by atoms with van der Waals surface area (Å²) in [5.41, 5.74) is 1.10. The van der Waals surface area contributed by atoms with E-state index in [4.69, 9.17) is 9.47 Å². The van der Waals surface area contributed by atoms with Gasteiger partial charge in [-0.25, -0.2) is 4.39 Å². The lowest BCUT2D eigenvalue weighted by Crippen LogP contribution is -2.40. The third kappa shape index (κ3) is 6.18. The molecule has 0 spiro atoms. The fourth-order valence-electron chi connectivity index (χ4n) is 2.83. The molecule has 2 aromatic rings. The molecule has 0 radical (unpaired) electrons. The maximum Gasteiger partial charge on any atom is 0.251 e. The van der Waals surface area contributed by atoms with E-state index in [2.05, 4.69) is 10.6 Å². The van der Waals surface area contributed by atoms with E-state index in [-0.39, 0.29) is 30.9 Å². The molecule has 29 heavy (non-hydrogen) atoms. The Morgan fingerprint density at radius 1 is 1.03 bits per heavy atom. The number of halogens is 1. The second-order valence-electron chi connectivity index (χ2n) is 6.59. The normalized spacial score (nSPS) is 11.7. The summed E-state index contributed by atoms with van der Waals surface area (Å²) in [6.45, 7) is 0.0952. The number of amides is 2. The van der Waals surface area contributed by atoms with E-state index < -0.39 is 5.91 Å². The summed E-state index contributed by atoms with van der Waals surface area (Å²) in [6, 6.07) is 10.8. The summed E-state index contributed by atoms with van der Waals surface area (Å²) < 4.78 is 23.8. The van der Waals surface area contributed by atoms with Crippen LogP contribution in [-0.2, 0) is 4.79 Å². The molecular formula is C21H26FN3O4. The zero-order valence-corrected chi connectivity index (χ0v) is 17.0. The molecule has 0 fully saturated rings. The van der Waals surface area contributed by atoms with Crippen LogP contribution in [0.5, 0.6) is 11.5 Å². The molecule has 0 heterocycles. The van der Waals surface area contributed by atoms with E-state index >= 15 is 0 Å². The van der Waals surface area contributed by atoms with Gasteiger partial charge < -0.3 is 25.0 Å². The van der Waals surface area contributed by atoms with Crippen molar-refractivity contribution in [1.29, 1.82) is 0 Å². The van der Waals surface area contributed by atoms with Gasteiger partial charge in [-0.1, -0.05) is 12.1 Å². The summed E-state index contributed by atoms with van der Waals surface area (Å²) >= 11 is 0. The van der Waals surface area contributed by atoms with Crippen LogP contribution >= 0.6 is 0 Å². The second-order valence-corrected chi connectivity index (χ2v) is 6.59. The van der Waals surface area contributed by atoms with Gasteiger partial charge in [0.2, 0.25) is 5.91 Å². The van der Waals surface area contributed by atoms with Crippen LogP contribution in [0.25, 0.3) is 0 Å². The Labute approximate surface area is 169 Å². The van der Waals surface area contributed by atoms with Gasteiger partial charge in [0.1, 0.15) is 5.82 Å². The Morgan fingerprint density at radius 3 is 2.38 bits per heavy atom. The van der Waals surface area contributed by atoms with Crippen LogP contribution in [0.1, 0.15) is 22.0 Å². The molecule has 7 nitrogen and oxygen atoms in total. The molecule has 0 aliphatic carbocycles. The lowest BCUT2D eigenvalue weighted by molar-refractivity contribution is -0.120. The first-order valence-electron chi connectivity index (χ1n) is 9.04. The van der Waals surface area contributed by atoms with Crippen molar-refractivity contribution in [3.63, 3.8) is 0 Å². The van der Waals surface area contributed by atoms with Crippen molar-refractivity contribution in [2.45, 2.75) is 6.04 Å². The minimum Gasteiger partial charge on any atom is -0.493 e. The predicted molar refractivity (Wildman–Crippen MR) is 108 cm³/mol. The number of methoxy groups -OCH3 is 2. The molecule has 8 heteroatoms. The summed E-state index contributed by atoms with van der Waals surface area (Å²) in [6.07, 6.45) is 0. The molecule has 2 amide bonds. The quantitative estimate of drug-likeness (QED) is 0.670. The van der Waals surface area contributed by atoms with E-state index in [1.54, 1.807) is 24.3 Å². The molecule has 0 aliphatic heterocycles. The second kappa shape index (κ2) is 10.4. The van der Waals surface area contributed by atoms with E-state index in [1.165, 1.54) is 32.4 Å². The number of carbonyl (C=O) groups excluding carboxylic acids is 2. The number of hydrogen-bond donors (Lipinski definition) is 2. The Hall–Kier alpha value is -3.13. The maximum absolute atomic E-state index is 13.5. The lowest BCUT2D eigenvalue weighted by atomic mass is 10.1. The average Bonchev–Trinajstić information content (AvgIpc) is 2.71. The molecule has 0 saturated carbocycles. The van der Waals surface area contributed by atoms with Gasteiger partial charge >= 0.3 is 0 Å². The monoisotopic (exact) mass is 403 g/mol. The zero-order chi connectivity index (χ0) is 21.4. The summed E-state index contributed by atoms with van der Waals surface area (Å²) in [5, 5.41) is 5.34. The van der Waals surface area contributed by atoms with Crippen LogP contribution in [0.15, 0.2) is 42.5 Å². The van der Waals surface area contributed by atoms with Crippen molar-refractivity contribution in [3.05, 3.63) is 59.4 Å². The van der Waals surface area contributed by atoms with Crippen molar-refractivity contribution < 1.29 is 23.5 Å². The number of nitrogens with zero attached hydrogens (tertiary/aromatic N) is 1. The Bertz CT molecular complexity index is 858. The van der Waals surface area contributed by atoms with Crippen LogP contribution in [0.4, 0.5) is 4.39 Å². The van der Waals surface area contributed by atoms with Gasteiger partial charge in [0.15, 0.2) is 11.5 Å². The number of likely N-dealkylation sites (N-methyl/N-ethyl adjacent to an activating group) is 1. The van der Waals surface area contributed by atoms with Crippen LogP contribution in [0.2, 0.25) is 0 Å². The highest BCUT2D eigenvalue weighted by Crippen LogP contribution is 2.27. The summed E-state index contributed by atoms with van der Waals surface area (Å²) in [4.78, 5) is 26.3. The van der Waals surface area contributed by atoms with E-state index in [0.717, 1.165) is 5.56 Å². The first kappa shape index (κ1) is 22.2. The van der Waals surface area contributed by atoms with Crippen molar-refractivity contribution in [1.82, 2.24) is 15.5 Å². The van der Waals surface area contributed by atoms with Crippen molar-refractivity contribution in [3.8, 4) is 11.5 Å². The number of benzene rings is 2. The number of ether oxygens (including phenoxy) is 2. The summed E-state index contributed by atoms with van der Waals surface area (Å²) in [7, 11) is 6.68. The van der Waals surface area contributed by atoms with E-state index in [9.17, 15) is 14.0 Å². The Kier molecular flexibility index (Phi) is 7.97. The van der Waals surface area contributed by atoms with Gasteiger partial charge in [-0.3, -0.25) is 9.59 Å². The van der Waals surface area contributed by atoms with Crippen molar-refractivity contribution >= 4 is 11.8 Å². The fourth-order valence-corrected chi connectivity index (χ4v) is 2.83. The van der Waals surface area contributed by atoms with Crippen LogP contribution < -0.4 is 20.1 Å². The molecular weight excluding hydrogens is 377 g/mol. The topological polar surface area (TPSA) is 79.9 Å². The minimum absolute atomic E-state index is 0.184. The molecule has 2 aromatic carbocycles. The SMILES string of the molecule is COc1ccc(C(=O)NCC(=O)NC[C@H](c2cccc(F)c2)N(C)C)cc1OC. The zero-order valence-electron chi connectivity index (χ0n) is 17.0.